The Morgan fingerprint density at radius 1 is 0.632 bits per heavy atom. The molecule has 1 unspecified atom stereocenters. The monoisotopic (exact) mass is 522 g/mol. The average Bonchev–Trinajstić information content (AvgIpc) is 2.94. The van der Waals surface area contributed by atoms with Crippen molar-refractivity contribution in [1.29, 1.82) is 0 Å². The molecule has 0 saturated heterocycles. The smallest absolute Gasteiger partial charge is 0.167 e. The lowest BCUT2D eigenvalue weighted by Gasteiger charge is -2.22. The summed E-state index contributed by atoms with van der Waals surface area (Å²) in [4.78, 5) is 0. The fraction of sp³-hybridized carbons (Fsp3) is 0.412. The van der Waals surface area contributed by atoms with Gasteiger partial charge in [0.25, 0.3) is 0 Å². The molecule has 0 nitrogen and oxygen atoms in total. The minimum Gasteiger partial charge on any atom is -0.203 e. The molecule has 202 valence electrons. The number of rotatable bonds is 11. The molecule has 3 aromatic carbocycles. The molecular weight excluding hydrogens is 484 g/mol. The van der Waals surface area contributed by atoms with E-state index in [1.165, 1.54) is 25.7 Å². The van der Waals surface area contributed by atoms with Crippen molar-refractivity contribution in [1.82, 2.24) is 0 Å². The van der Waals surface area contributed by atoms with Gasteiger partial charge in [-0.15, -0.1) is 0 Å². The van der Waals surface area contributed by atoms with E-state index in [1.807, 2.05) is 0 Å². The van der Waals surface area contributed by atoms with Gasteiger partial charge < -0.3 is 0 Å². The van der Waals surface area contributed by atoms with Gasteiger partial charge in [0.2, 0.25) is 0 Å². The quantitative estimate of drug-likeness (QED) is 0.173. The number of unbranched alkanes of at least 4 members (excludes halogenated alkanes) is 4. The van der Waals surface area contributed by atoms with E-state index in [0.29, 0.717) is 34.6 Å². The standard InChI is InChI=1S/C34H38F4/c1-3-5-7-9-23-11-13-24(14-12-23)29-21-22-30(34(38)33(29)37)26-17-15-25(16-18-26)28-20-19-27(10-8-6-4-2)31(35)32(28)36/h13,15-23H,3-12,14H2,1-2H3. The van der Waals surface area contributed by atoms with Gasteiger partial charge in [-0.3, -0.25) is 0 Å². The zero-order valence-corrected chi connectivity index (χ0v) is 22.6. The van der Waals surface area contributed by atoms with E-state index < -0.39 is 23.3 Å². The molecule has 4 rings (SSSR count). The van der Waals surface area contributed by atoms with Crippen LogP contribution in [0.2, 0.25) is 0 Å². The Balaban J connectivity index is 1.50. The number of halogens is 4. The van der Waals surface area contributed by atoms with Gasteiger partial charge in [0, 0.05) is 16.7 Å². The third kappa shape index (κ3) is 6.39. The molecule has 1 aliphatic carbocycles. The van der Waals surface area contributed by atoms with Crippen LogP contribution in [0.5, 0.6) is 0 Å². The summed E-state index contributed by atoms with van der Waals surface area (Å²) in [5.41, 5.74) is 2.90. The van der Waals surface area contributed by atoms with Crippen molar-refractivity contribution in [3.8, 4) is 22.3 Å². The molecule has 0 fully saturated rings. The van der Waals surface area contributed by atoms with E-state index >= 15 is 8.78 Å². The molecule has 0 bridgehead atoms. The molecule has 1 aliphatic rings. The van der Waals surface area contributed by atoms with Crippen LogP contribution < -0.4 is 0 Å². The normalized spacial score (nSPS) is 15.5. The third-order valence-electron chi connectivity index (χ3n) is 7.88. The van der Waals surface area contributed by atoms with Crippen LogP contribution in [0.3, 0.4) is 0 Å². The van der Waals surface area contributed by atoms with Gasteiger partial charge in [0.05, 0.1) is 0 Å². The van der Waals surface area contributed by atoms with Crippen molar-refractivity contribution in [2.45, 2.75) is 84.5 Å². The lowest BCUT2D eigenvalue weighted by Crippen LogP contribution is -2.07. The summed E-state index contributed by atoms with van der Waals surface area (Å²) in [6, 6.07) is 13.0. The first-order valence-electron chi connectivity index (χ1n) is 14.2. The maximum absolute atomic E-state index is 15.2. The number of hydrogen-bond donors (Lipinski definition) is 0. The number of aryl methyl sites for hydroxylation is 1. The zero-order chi connectivity index (χ0) is 27.1. The second-order valence-electron chi connectivity index (χ2n) is 10.6. The molecule has 0 aliphatic heterocycles. The lowest BCUT2D eigenvalue weighted by atomic mass is 9.83. The van der Waals surface area contributed by atoms with Gasteiger partial charge in [-0.05, 0) is 60.3 Å². The van der Waals surface area contributed by atoms with Crippen LogP contribution in [0.15, 0.2) is 54.6 Å². The molecule has 1 atom stereocenters. The van der Waals surface area contributed by atoms with Gasteiger partial charge in [0.15, 0.2) is 23.3 Å². The van der Waals surface area contributed by atoms with Gasteiger partial charge in [0.1, 0.15) is 0 Å². The molecule has 0 radical (unpaired) electrons. The molecule has 38 heavy (non-hydrogen) atoms. The number of hydrogen-bond acceptors (Lipinski definition) is 0. The fourth-order valence-electron chi connectivity index (χ4n) is 5.50. The summed E-state index contributed by atoms with van der Waals surface area (Å²) < 4.78 is 59.8. The summed E-state index contributed by atoms with van der Waals surface area (Å²) in [7, 11) is 0. The summed E-state index contributed by atoms with van der Waals surface area (Å²) in [6.45, 7) is 4.26. The first-order chi connectivity index (χ1) is 18.4. The Morgan fingerprint density at radius 3 is 1.79 bits per heavy atom. The van der Waals surface area contributed by atoms with Crippen molar-refractivity contribution < 1.29 is 17.6 Å². The Labute approximate surface area is 224 Å². The van der Waals surface area contributed by atoms with Crippen LogP contribution in [0, 0.1) is 29.2 Å². The van der Waals surface area contributed by atoms with Crippen molar-refractivity contribution >= 4 is 5.57 Å². The second kappa shape index (κ2) is 13.3. The highest BCUT2D eigenvalue weighted by atomic mass is 19.2. The van der Waals surface area contributed by atoms with Gasteiger partial charge >= 0.3 is 0 Å². The van der Waals surface area contributed by atoms with E-state index in [9.17, 15) is 8.78 Å². The summed E-state index contributed by atoms with van der Waals surface area (Å²) in [6.07, 6.45) is 13.0. The minimum absolute atomic E-state index is 0.157. The van der Waals surface area contributed by atoms with Crippen LogP contribution >= 0.6 is 0 Å². The lowest BCUT2D eigenvalue weighted by molar-refractivity contribution is 0.427. The summed E-state index contributed by atoms with van der Waals surface area (Å²) >= 11 is 0. The predicted molar refractivity (Wildman–Crippen MR) is 150 cm³/mol. The number of allylic oxidation sites excluding steroid dienone is 2. The van der Waals surface area contributed by atoms with Crippen molar-refractivity contribution in [3.63, 3.8) is 0 Å². The predicted octanol–water partition coefficient (Wildman–Crippen LogP) is 11.1. The van der Waals surface area contributed by atoms with E-state index in [0.717, 1.165) is 44.1 Å². The fourth-order valence-corrected chi connectivity index (χ4v) is 5.50. The van der Waals surface area contributed by atoms with Crippen LogP contribution in [0.25, 0.3) is 27.8 Å². The first kappa shape index (κ1) is 28.1. The van der Waals surface area contributed by atoms with Gasteiger partial charge in [-0.2, -0.15) is 0 Å². The molecule has 0 aromatic heterocycles. The maximum Gasteiger partial charge on any atom is 0.167 e. The Morgan fingerprint density at radius 2 is 1.18 bits per heavy atom. The highest BCUT2D eigenvalue weighted by Crippen LogP contribution is 2.37. The Hall–Kier alpha value is -2.88. The number of benzene rings is 3. The van der Waals surface area contributed by atoms with E-state index in [-0.39, 0.29) is 11.1 Å². The first-order valence-corrected chi connectivity index (χ1v) is 14.2. The summed E-state index contributed by atoms with van der Waals surface area (Å²) in [5.74, 6) is -2.76. The average molecular weight is 523 g/mol. The van der Waals surface area contributed by atoms with Crippen LogP contribution in [-0.2, 0) is 6.42 Å². The van der Waals surface area contributed by atoms with E-state index in [2.05, 4.69) is 19.9 Å². The molecule has 3 aromatic rings. The third-order valence-corrected chi connectivity index (χ3v) is 7.88. The molecule has 0 amide bonds. The molecule has 0 saturated carbocycles. The molecule has 0 heterocycles. The molecule has 0 spiro atoms. The van der Waals surface area contributed by atoms with E-state index in [1.54, 1.807) is 48.5 Å². The largest absolute Gasteiger partial charge is 0.203 e. The van der Waals surface area contributed by atoms with E-state index in [4.69, 9.17) is 0 Å². The summed E-state index contributed by atoms with van der Waals surface area (Å²) in [5, 5.41) is 0. The topological polar surface area (TPSA) is 0 Å². The van der Waals surface area contributed by atoms with Crippen molar-refractivity contribution in [2.24, 2.45) is 5.92 Å². The Bertz CT molecular complexity index is 1260. The SMILES string of the molecule is CCCCCc1ccc(-c2ccc(-c3ccc(C4=CCC(CCCCC)CC4)c(F)c3F)cc2)c(F)c1F. The minimum atomic E-state index is -0.880. The van der Waals surface area contributed by atoms with Gasteiger partial charge in [-0.1, -0.05) is 107 Å². The maximum atomic E-state index is 15.2. The van der Waals surface area contributed by atoms with Crippen LogP contribution in [0.1, 0.15) is 89.2 Å². The van der Waals surface area contributed by atoms with Crippen molar-refractivity contribution in [2.75, 3.05) is 0 Å². The zero-order valence-electron chi connectivity index (χ0n) is 22.6. The highest BCUT2D eigenvalue weighted by Gasteiger charge is 2.21. The highest BCUT2D eigenvalue weighted by molar-refractivity contribution is 5.74. The van der Waals surface area contributed by atoms with Crippen molar-refractivity contribution in [3.05, 3.63) is 89.0 Å². The second-order valence-corrected chi connectivity index (χ2v) is 10.6. The molecular formula is C34H38F4. The molecule has 4 heteroatoms. The van der Waals surface area contributed by atoms with Crippen LogP contribution in [0.4, 0.5) is 17.6 Å². The Kier molecular flexibility index (Phi) is 9.82. The van der Waals surface area contributed by atoms with Gasteiger partial charge in [-0.25, -0.2) is 17.6 Å². The van der Waals surface area contributed by atoms with Crippen LogP contribution in [-0.4, -0.2) is 0 Å². The molecule has 0 N–H and O–H groups in total.